The minimum atomic E-state index is -0.141. The van der Waals surface area contributed by atoms with E-state index in [0.29, 0.717) is 0 Å². The SMILES string of the molecule is CC(C)C1CCN(c2c(F)cccc2[C@@H](C)N)CC1. The summed E-state index contributed by atoms with van der Waals surface area (Å²) in [5.74, 6) is 1.34. The molecule has 1 aromatic carbocycles. The quantitative estimate of drug-likeness (QED) is 0.901. The summed E-state index contributed by atoms with van der Waals surface area (Å²) in [4.78, 5) is 2.17. The normalized spacial score (nSPS) is 18.9. The van der Waals surface area contributed by atoms with Crippen LogP contribution in [0.4, 0.5) is 10.1 Å². The molecule has 2 N–H and O–H groups in total. The van der Waals surface area contributed by atoms with Gasteiger partial charge in [0.15, 0.2) is 0 Å². The second kappa shape index (κ2) is 5.91. The van der Waals surface area contributed by atoms with Gasteiger partial charge in [0, 0.05) is 19.1 Å². The Hall–Kier alpha value is -1.09. The maximum atomic E-state index is 14.2. The van der Waals surface area contributed by atoms with Gasteiger partial charge in [-0.2, -0.15) is 0 Å². The van der Waals surface area contributed by atoms with Crippen molar-refractivity contribution in [2.45, 2.75) is 39.7 Å². The summed E-state index contributed by atoms with van der Waals surface area (Å²) >= 11 is 0. The lowest BCUT2D eigenvalue weighted by Crippen LogP contribution is -2.36. The van der Waals surface area contributed by atoms with E-state index in [4.69, 9.17) is 5.73 Å². The van der Waals surface area contributed by atoms with Crippen molar-refractivity contribution < 1.29 is 4.39 Å². The van der Waals surface area contributed by atoms with Gasteiger partial charge in [-0.15, -0.1) is 0 Å². The molecule has 1 heterocycles. The van der Waals surface area contributed by atoms with Crippen LogP contribution in [0.5, 0.6) is 0 Å². The molecule has 3 heteroatoms. The molecule has 0 aliphatic carbocycles. The highest BCUT2D eigenvalue weighted by molar-refractivity contribution is 5.56. The second-order valence-corrected chi connectivity index (χ2v) is 6.03. The molecule has 0 spiro atoms. The Bertz CT molecular complexity index is 421. The Balaban J connectivity index is 2.19. The van der Waals surface area contributed by atoms with Gasteiger partial charge in [-0.25, -0.2) is 4.39 Å². The largest absolute Gasteiger partial charge is 0.369 e. The van der Waals surface area contributed by atoms with Crippen molar-refractivity contribution in [2.24, 2.45) is 17.6 Å². The average Bonchev–Trinajstić information content (AvgIpc) is 2.38. The van der Waals surface area contributed by atoms with Crippen molar-refractivity contribution in [1.82, 2.24) is 0 Å². The first kappa shape index (κ1) is 14.3. The predicted octanol–water partition coefficient (Wildman–Crippen LogP) is 3.72. The minimum absolute atomic E-state index is 0.131. The minimum Gasteiger partial charge on any atom is -0.369 e. The Morgan fingerprint density at radius 3 is 2.37 bits per heavy atom. The van der Waals surface area contributed by atoms with E-state index in [2.05, 4.69) is 18.7 Å². The Kier molecular flexibility index (Phi) is 4.46. The molecule has 1 saturated heterocycles. The molecule has 1 fully saturated rings. The number of para-hydroxylation sites is 1. The number of nitrogens with two attached hydrogens (primary N) is 1. The molecular formula is C16H25FN2. The number of hydrogen-bond acceptors (Lipinski definition) is 2. The summed E-state index contributed by atoms with van der Waals surface area (Å²) in [6.45, 7) is 8.33. The summed E-state index contributed by atoms with van der Waals surface area (Å²) in [7, 11) is 0. The van der Waals surface area contributed by atoms with E-state index in [1.165, 1.54) is 6.07 Å². The molecule has 106 valence electrons. The summed E-state index contributed by atoms with van der Waals surface area (Å²) in [6.07, 6.45) is 2.29. The van der Waals surface area contributed by atoms with Crippen LogP contribution >= 0.6 is 0 Å². The third-order valence-electron chi connectivity index (χ3n) is 4.31. The fourth-order valence-electron chi connectivity index (χ4n) is 3.02. The average molecular weight is 264 g/mol. The molecule has 0 bridgehead atoms. The maximum Gasteiger partial charge on any atom is 0.146 e. The van der Waals surface area contributed by atoms with Crippen LogP contribution in [0.1, 0.15) is 45.2 Å². The highest BCUT2D eigenvalue weighted by Gasteiger charge is 2.25. The number of hydrogen-bond donors (Lipinski definition) is 1. The van der Waals surface area contributed by atoms with Gasteiger partial charge < -0.3 is 10.6 Å². The first-order valence-corrected chi connectivity index (χ1v) is 7.29. The van der Waals surface area contributed by atoms with E-state index in [-0.39, 0.29) is 11.9 Å². The second-order valence-electron chi connectivity index (χ2n) is 6.03. The van der Waals surface area contributed by atoms with Crippen molar-refractivity contribution >= 4 is 5.69 Å². The number of halogens is 1. The molecule has 1 aromatic rings. The van der Waals surface area contributed by atoms with Crippen LogP contribution in [0.2, 0.25) is 0 Å². The van der Waals surface area contributed by atoms with Crippen molar-refractivity contribution in [3.8, 4) is 0 Å². The zero-order chi connectivity index (χ0) is 14.0. The van der Waals surface area contributed by atoms with Gasteiger partial charge in [-0.1, -0.05) is 26.0 Å². The van der Waals surface area contributed by atoms with E-state index in [1.54, 1.807) is 6.07 Å². The number of benzene rings is 1. The van der Waals surface area contributed by atoms with Crippen molar-refractivity contribution in [3.63, 3.8) is 0 Å². The van der Waals surface area contributed by atoms with Crippen molar-refractivity contribution in [1.29, 1.82) is 0 Å². The van der Waals surface area contributed by atoms with Crippen LogP contribution < -0.4 is 10.6 Å². The van der Waals surface area contributed by atoms with Crippen LogP contribution in [-0.2, 0) is 0 Å². The van der Waals surface area contributed by atoms with Crippen molar-refractivity contribution in [2.75, 3.05) is 18.0 Å². The Labute approximate surface area is 115 Å². The van der Waals surface area contributed by atoms with Gasteiger partial charge >= 0.3 is 0 Å². The molecule has 0 aromatic heterocycles. The zero-order valence-electron chi connectivity index (χ0n) is 12.2. The van der Waals surface area contributed by atoms with Crippen LogP contribution in [0.3, 0.4) is 0 Å². The number of piperidine rings is 1. The molecule has 0 amide bonds. The van der Waals surface area contributed by atoms with Crippen LogP contribution in [0.25, 0.3) is 0 Å². The first-order valence-electron chi connectivity index (χ1n) is 7.29. The third kappa shape index (κ3) is 3.08. The highest BCUT2D eigenvalue weighted by Crippen LogP contribution is 2.33. The topological polar surface area (TPSA) is 29.3 Å². The summed E-state index contributed by atoms with van der Waals surface area (Å²) < 4.78 is 14.2. The molecule has 0 radical (unpaired) electrons. The predicted molar refractivity (Wildman–Crippen MR) is 78.8 cm³/mol. The fourth-order valence-corrected chi connectivity index (χ4v) is 3.02. The van der Waals surface area contributed by atoms with Gasteiger partial charge in [0.2, 0.25) is 0 Å². The molecule has 2 rings (SSSR count). The van der Waals surface area contributed by atoms with Crippen LogP contribution in [-0.4, -0.2) is 13.1 Å². The van der Waals surface area contributed by atoms with Gasteiger partial charge in [-0.05, 0) is 43.2 Å². The van der Waals surface area contributed by atoms with Gasteiger partial charge in [-0.3, -0.25) is 0 Å². The number of nitrogens with zero attached hydrogens (tertiary/aromatic N) is 1. The molecule has 2 nitrogen and oxygen atoms in total. The Morgan fingerprint density at radius 2 is 1.84 bits per heavy atom. The summed E-state index contributed by atoms with van der Waals surface area (Å²) in [5, 5.41) is 0. The van der Waals surface area contributed by atoms with E-state index in [1.807, 2.05) is 13.0 Å². The summed E-state index contributed by atoms with van der Waals surface area (Å²) in [5.41, 5.74) is 7.61. The molecule has 1 aliphatic rings. The highest BCUT2D eigenvalue weighted by atomic mass is 19.1. The molecular weight excluding hydrogens is 239 g/mol. The van der Waals surface area contributed by atoms with E-state index in [0.717, 1.165) is 49.0 Å². The van der Waals surface area contributed by atoms with Crippen LogP contribution in [0.15, 0.2) is 18.2 Å². The number of anilines is 1. The maximum absolute atomic E-state index is 14.2. The zero-order valence-corrected chi connectivity index (χ0v) is 12.2. The van der Waals surface area contributed by atoms with Crippen LogP contribution in [0, 0.1) is 17.7 Å². The first-order chi connectivity index (χ1) is 9.00. The molecule has 0 unspecified atom stereocenters. The fraction of sp³-hybridized carbons (Fsp3) is 0.625. The summed E-state index contributed by atoms with van der Waals surface area (Å²) in [6, 6.07) is 5.10. The monoisotopic (exact) mass is 264 g/mol. The molecule has 19 heavy (non-hydrogen) atoms. The van der Waals surface area contributed by atoms with E-state index >= 15 is 0 Å². The van der Waals surface area contributed by atoms with Gasteiger partial charge in [0.1, 0.15) is 5.82 Å². The molecule has 0 saturated carbocycles. The molecule has 1 atom stereocenters. The lowest BCUT2D eigenvalue weighted by molar-refractivity contribution is 0.310. The van der Waals surface area contributed by atoms with Crippen molar-refractivity contribution in [3.05, 3.63) is 29.6 Å². The van der Waals surface area contributed by atoms with Gasteiger partial charge in [0.05, 0.1) is 5.69 Å². The lowest BCUT2D eigenvalue weighted by Gasteiger charge is -2.36. The van der Waals surface area contributed by atoms with Gasteiger partial charge in [0.25, 0.3) is 0 Å². The molecule has 1 aliphatic heterocycles. The lowest BCUT2D eigenvalue weighted by atomic mass is 9.86. The smallest absolute Gasteiger partial charge is 0.146 e. The third-order valence-corrected chi connectivity index (χ3v) is 4.31. The van der Waals surface area contributed by atoms with E-state index < -0.39 is 0 Å². The Morgan fingerprint density at radius 1 is 1.21 bits per heavy atom. The standard InChI is InChI=1S/C16H25FN2/c1-11(2)13-7-9-19(10-8-13)16-14(12(3)18)5-4-6-15(16)17/h4-6,11-13H,7-10,18H2,1-3H3/t12-/m1/s1. The number of rotatable bonds is 3. The van der Waals surface area contributed by atoms with E-state index in [9.17, 15) is 4.39 Å².